The Kier molecular flexibility index (Phi) is 112. The molecule has 0 aromatic rings. The van der Waals surface area contributed by atoms with E-state index in [0.29, 0.717) is 0 Å². The van der Waals surface area contributed by atoms with E-state index in [2.05, 4.69) is 0 Å². The Morgan fingerprint density at radius 1 is 0.234 bits per heavy atom. The molecule has 0 rings (SSSR count). The summed E-state index contributed by atoms with van der Waals surface area (Å²) in [5.41, 5.74) is -11.9. The van der Waals surface area contributed by atoms with Crippen LogP contribution in [0.25, 0.3) is 0 Å². The zero-order valence-corrected chi connectivity index (χ0v) is 68.0. The molecule has 40 heteroatoms. The van der Waals surface area contributed by atoms with Crippen LogP contribution in [0.4, 0.5) is 0 Å². The van der Waals surface area contributed by atoms with Crippen molar-refractivity contribution in [2.45, 2.75) is 73.8 Å². The molecule has 0 atom stereocenters. The van der Waals surface area contributed by atoms with Crippen molar-refractivity contribution in [2.24, 2.45) is 0 Å². The number of hydrogen-bond acceptors (Lipinski definition) is 28. The van der Waals surface area contributed by atoms with E-state index in [1.807, 2.05) is 0 Å². The van der Waals surface area contributed by atoms with Crippen molar-refractivity contribution in [2.75, 3.05) is 0 Å². The number of carbonyl (C=O) groups is 12. The van der Waals surface area contributed by atoms with Crippen LogP contribution in [0.2, 0.25) is 0 Å². The van der Waals surface area contributed by atoms with Gasteiger partial charge < -0.3 is 139 Å². The largest absolute Gasteiger partial charge is 1.00 e. The van der Waals surface area contributed by atoms with E-state index in [1.165, 1.54) is 0 Å². The normalized spacial score (nSPS) is 8.81. The molecule has 64 heavy (non-hydrogen) atoms. The van der Waals surface area contributed by atoms with Crippen molar-refractivity contribution in [1.29, 1.82) is 0 Å². The molecular weight excluding hydrogens is 1110 g/mol. The van der Waals surface area contributed by atoms with Crippen LogP contribution >= 0.6 is 0 Å². The molecule has 0 saturated carbocycles. The maximum Gasteiger partial charge on any atom is 1.00 e. The Labute approximate surface area is 749 Å². The van der Waals surface area contributed by atoms with Gasteiger partial charge in [0, 0.05) is 99.1 Å². The molecule has 0 aliphatic rings. The van der Waals surface area contributed by atoms with E-state index in [1.54, 1.807) is 0 Å². The maximum absolute atomic E-state index is 10.1. The zero-order valence-electron chi connectivity index (χ0n) is 37.2. The number of hydrogen-bond donors (Lipinski definition) is 4. The van der Waals surface area contributed by atoms with Crippen LogP contribution in [0, 0.1) is 0 Å². The van der Waals surface area contributed by atoms with Gasteiger partial charge in [-0.05, 0) is 0 Å². The molecule has 0 aliphatic carbocycles. The molecule has 0 spiro atoms. The van der Waals surface area contributed by atoms with E-state index in [-0.39, 0.29) is 486 Å². The van der Waals surface area contributed by atoms with Gasteiger partial charge in [0.25, 0.3) is 0 Å². The minimum absolute atomic E-state index is 0. The van der Waals surface area contributed by atoms with Gasteiger partial charge in [0.1, 0.15) is 22.4 Å². The maximum atomic E-state index is 10.1. The second-order valence-corrected chi connectivity index (χ2v) is 9.67. The van der Waals surface area contributed by atoms with Gasteiger partial charge in [0.15, 0.2) is 0 Å². The summed E-state index contributed by atoms with van der Waals surface area (Å²) >= 11 is 0. The molecule has 0 aromatic carbocycles. The van der Waals surface area contributed by atoms with E-state index >= 15 is 0 Å². The zero-order chi connectivity index (χ0) is 42.6. The molecule has 4 N–H and O–H groups in total. The number of carboxylic acid groups (broad SMARTS) is 12. The van der Waals surface area contributed by atoms with E-state index in [4.69, 9.17) is 20.4 Å². The van der Waals surface area contributed by atoms with Crippen LogP contribution in [-0.2, 0) is 57.5 Å². The predicted molar refractivity (Wildman–Crippen MR) is 117 cm³/mol. The number of aliphatic hydroxyl groups is 4. The van der Waals surface area contributed by atoms with E-state index < -0.39 is 145 Å². The molecule has 0 heterocycles. The molecule has 0 unspecified atom stereocenters. The first-order chi connectivity index (χ1) is 23.1. The second kappa shape index (κ2) is 61.5. The number of aliphatic carboxylic acids is 12. The summed E-state index contributed by atoms with van der Waals surface area (Å²) < 4.78 is 0. The molecule has 0 radical (unpaired) electrons. The topological polar surface area (TPSA) is 562 Å². The SMILES string of the molecule is O=C([O-])CC(O)(CC(=O)[O-])C(=O)[O-].O=C([O-])CC(O)(CC(=O)[O-])C(=O)[O-].O=C([O-])CC(O)(CC(=O)[O-])C(=O)[O-].O=C([O-])CC(O)(CC(=O)[O-])C(=O)[O-].[K+].[K+].[K+].[K+].[K+].[K+].[Na+].[Na+].[Na+].[Na+].[Na+].[Na+]. The Hall–Kier alpha value is 9.30. The van der Waals surface area contributed by atoms with Gasteiger partial charge >= 0.3 is 486 Å². The molecule has 0 aromatic heterocycles. The molecule has 0 saturated heterocycles. The molecular formula is C24H20K6Na6O28. The Morgan fingerprint density at radius 2 is 0.297 bits per heavy atom. The number of carbonyl (C=O) groups excluding carboxylic acids is 12. The fourth-order valence-electron chi connectivity index (χ4n) is 2.74. The fourth-order valence-corrected chi connectivity index (χ4v) is 2.74. The first-order valence-electron chi connectivity index (χ1n) is 12.5. The first-order valence-corrected chi connectivity index (χ1v) is 12.5. The third-order valence-corrected chi connectivity index (χ3v) is 5.01. The molecule has 0 amide bonds. The Morgan fingerprint density at radius 3 is 0.328 bits per heavy atom. The average Bonchev–Trinajstić information content (AvgIpc) is 2.85. The summed E-state index contributed by atoms with van der Waals surface area (Å²) in [6.07, 6.45) is -10.9. The summed E-state index contributed by atoms with van der Waals surface area (Å²) in [4.78, 5) is 120. The molecule has 0 aliphatic heterocycles. The van der Waals surface area contributed by atoms with Gasteiger partial charge in [-0.15, -0.1) is 0 Å². The van der Waals surface area contributed by atoms with Crippen molar-refractivity contribution in [3.05, 3.63) is 0 Å². The van der Waals surface area contributed by atoms with Crippen LogP contribution in [0.15, 0.2) is 0 Å². The molecule has 296 valence electrons. The van der Waals surface area contributed by atoms with Crippen molar-refractivity contribution in [1.82, 2.24) is 0 Å². The minimum atomic E-state index is -2.97. The molecule has 0 bridgehead atoms. The van der Waals surface area contributed by atoms with Crippen LogP contribution in [0.5, 0.6) is 0 Å². The third-order valence-electron chi connectivity index (χ3n) is 5.01. The predicted octanol–water partition coefficient (Wildman–Crippen LogP) is -57.0. The Bertz CT molecular complexity index is 1170. The van der Waals surface area contributed by atoms with Gasteiger partial charge in [0.2, 0.25) is 0 Å². The summed E-state index contributed by atoms with van der Waals surface area (Å²) in [5, 5.41) is 156. The van der Waals surface area contributed by atoms with Crippen molar-refractivity contribution in [3.8, 4) is 0 Å². The standard InChI is InChI=1S/4C6H8O7.6K.6Na/c4*7-3(8)1-6(13,5(11)12)2-4(9)10;;;;;;;;;;;;/h4*13H,1-2H2,(H,7,8)(H,9,10)(H,11,12);;;;;;;;;;;;/q;;;;12*+1/p-12. The third kappa shape index (κ3) is 65.6. The van der Waals surface area contributed by atoms with Crippen LogP contribution in [0.3, 0.4) is 0 Å². The minimum Gasteiger partial charge on any atom is -0.550 e. The van der Waals surface area contributed by atoms with Gasteiger partial charge in [-0.2, -0.15) is 0 Å². The summed E-state index contributed by atoms with van der Waals surface area (Å²) in [6.45, 7) is 0. The van der Waals surface area contributed by atoms with Crippen LogP contribution < -0.4 is 547 Å². The number of rotatable bonds is 20. The van der Waals surface area contributed by atoms with Crippen LogP contribution in [-0.4, -0.2) is 114 Å². The second-order valence-electron chi connectivity index (χ2n) is 9.67. The van der Waals surface area contributed by atoms with E-state index in [0.717, 1.165) is 0 Å². The Balaban J connectivity index is -0.0000000323. The van der Waals surface area contributed by atoms with Crippen molar-refractivity contribution < 1.29 is 625 Å². The monoisotopic (exact) mass is 1130 g/mol. The van der Waals surface area contributed by atoms with Gasteiger partial charge in [-0.1, -0.05) is 0 Å². The summed E-state index contributed by atoms with van der Waals surface area (Å²) in [7, 11) is 0. The first kappa shape index (κ1) is 117. The summed E-state index contributed by atoms with van der Waals surface area (Å²) in [6, 6.07) is 0. The van der Waals surface area contributed by atoms with Gasteiger partial charge in [-0.3, -0.25) is 0 Å². The van der Waals surface area contributed by atoms with E-state index in [9.17, 15) is 119 Å². The van der Waals surface area contributed by atoms with Gasteiger partial charge in [0.05, 0.1) is 23.9 Å². The van der Waals surface area contributed by atoms with Crippen molar-refractivity contribution >= 4 is 71.6 Å². The fraction of sp³-hybridized carbons (Fsp3) is 0.500. The van der Waals surface area contributed by atoms with Gasteiger partial charge in [-0.25, -0.2) is 0 Å². The molecule has 28 nitrogen and oxygen atoms in total. The molecule has 0 fully saturated rings. The summed E-state index contributed by atoms with van der Waals surface area (Å²) in [5.74, 6) is -23.9. The van der Waals surface area contributed by atoms with Crippen LogP contribution in [0.1, 0.15) is 51.4 Å². The average molecular weight is 1130 g/mol. The van der Waals surface area contributed by atoms with Crippen molar-refractivity contribution in [3.63, 3.8) is 0 Å². The number of carboxylic acids is 12. The quantitative estimate of drug-likeness (QED) is 0.0822. The smallest absolute Gasteiger partial charge is 0.550 e.